The van der Waals surface area contributed by atoms with E-state index in [4.69, 9.17) is 0 Å². The summed E-state index contributed by atoms with van der Waals surface area (Å²) in [7, 11) is 0. The first-order chi connectivity index (χ1) is 5.13. The Kier molecular flexibility index (Phi) is 5.27. The summed E-state index contributed by atoms with van der Waals surface area (Å²) in [5.41, 5.74) is 1.44. The average Bonchev–Trinajstić information content (AvgIpc) is 2.02. The number of allylic oxidation sites excluding steroid dienone is 1. The van der Waals surface area contributed by atoms with E-state index in [2.05, 4.69) is 34.3 Å². The van der Waals surface area contributed by atoms with E-state index in [9.17, 15) is 0 Å². The van der Waals surface area contributed by atoms with Crippen LogP contribution in [0.2, 0.25) is 0 Å². The van der Waals surface area contributed by atoms with E-state index in [1.807, 2.05) is 0 Å². The molecule has 0 saturated carbocycles. The standard InChI is InChI=1S/C11H22/c1-6-8-10(4)11(5)9(3)7-2/h9-10H,5-8H2,1-4H3. The van der Waals surface area contributed by atoms with Gasteiger partial charge in [0.15, 0.2) is 0 Å². The third-order valence-electron chi connectivity index (χ3n) is 2.60. The Labute approximate surface area is 71.7 Å². The third kappa shape index (κ3) is 3.60. The van der Waals surface area contributed by atoms with Crippen molar-refractivity contribution in [2.75, 3.05) is 0 Å². The summed E-state index contributed by atoms with van der Waals surface area (Å²) < 4.78 is 0. The van der Waals surface area contributed by atoms with Crippen molar-refractivity contribution in [3.8, 4) is 0 Å². The zero-order chi connectivity index (χ0) is 8.85. The molecular weight excluding hydrogens is 132 g/mol. The molecule has 0 bridgehead atoms. The Hall–Kier alpha value is -0.260. The quantitative estimate of drug-likeness (QED) is 0.524. The minimum absolute atomic E-state index is 0.705. The van der Waals surface area contributed by atoms with Gasteiger partial charge in [0, 0.05) is 0 Å². The fraction of sp³-hybridized carbons (Fsp3) is 0.818. The van der Waals surface area contributed by atoms with Crippen LogP contribution in [0.4, 0.5) is 0 Å². The van der Waals surface area contributed by atoms with Gasteiger partial charge in [-0.25, -0.2) is 0 Å². The predicted octanol–water partition coefficient (Wildman–Crippen LogP) is 4.02. The first kappa shape index (κ1) is 10.7. The molecule has 0 heterocycles. The topological polar surface area (TPSA) is 0 Å². The first-order valence-corrected chi connectivity index (χ1v) is 4.82. The Balaban J connectivity index is 3.81. The lowest BCUT2D eigenvalue weighted by Crippen LogP contribution is -2.05. The molecule has 0 heteroatoms. The lowest BCUT2D eigenvalue weighted by Gasteiger charge is -2.19. The van der Waals surface area contributed by atoms with Gasteiger partial charge < -0.3 is 0 Å². The Morgan fingerprint density at radius 2 is 1.73 bits per heavy atom. The van der Waals surface area contributed by atoms with E-state index in [1.165, 1.54) is 24.8 Å². The van der Waals surface area contributed by atoms with E-state index in [1.54, 1.807) is 0 Å². The maximum atomic E-state index is 4.14. The second kappa shape index (κ2) is 5.40. The highest BCUT2D eigenvalue weighted by atomic mass is 14.2. The molecule has 0 aliphatic heterocycles. The molecule has 11 heavy (non-hydrogen) atoms. The molecule has 0 aromatic heterocycles. The van der Waals surface area contributed by atoms with E-state index in [0.29, 0.717) is 5.92 Å². The number of hydrogen-bond acceptors (Lipinski definition) is 0. The summed E-state index contributed by atoms with van der Waals surface area (Å²) in [4.78, 5) is 0. The fourth-order valence-corrected chi connectivity index (χ4v) is 1.37. The number of rotatable bonds is 5. The van der Waals surface area contributed by atoms with Crippen LogP contribution in [0.25, 0.3) is 0 Å². The van der Waals surface area contributed by atoms with Gasteiger partial charge in [-0.2, -0.15) is 0 Å². The molecule has 0 aromatic rings. The minimum atomic E-state index is 0.705. The summed E-state index contributed by atoms with van der Waals surface area (Å²) in [6.45, 7) is 13.2. The molecular formula is C11H22. The van der Waals surface area contributed by atoms with Crippen LogP contribution in [0.5, 0.6) is 0 Å². The van der Waals surface area contributed by atoms with Crippen molar-refractivity contribution in [1.82, 2.24) is 0 Å². The average molecular weight is 154 g/mol. The van der Waals surface area contributed by atoms with Gasteiger partial charge in [0.25, 0.3) is 0 Å². The lowest BCUT2D eigenvalue weighted by molar-refractivity contribution is 0.511. The van der Waals surface area contributed by atoms with Crippen molar-refractivity contribution in [3.05, 3.63) is 12.2 Å². The maximum Gasteiger partial charge on any atom is -0.0232 e. The fourth-order valence-electron chi connectivity index (χ4n) is 1.37. The highest BCUT2D eigenvalue weighted by Gasteiger charge is 2.10. The van der Waals surface area contributed by atoms with Gasteiger partial charge in [0.05, 0.1) is 0 Å². The van der Waals surface area contributed by atoms with Gasteiger partial charge in [-0.05, 0) is 24.7 Å². The van der Waals surface area contributed by atoms with E-state index < -0.39 is 0 Å². The van der Waals surface area contributed by atoms with Crippen molar-refractivity contribution >= 4 is 0 Å². The molecule has 0 amide bonds. The zero-order valence-corrected chi connectivity index (χ0v) is 8.48. The van der Waals surface area contributed by atoms with Gasteiger partial charge in [-0.15, -0.1) is 0 Å². The Morgan fingerprint density at radius 1 is 1.18 bits per heavy atom. The molecule has 0 N–H and O–H groups in total. The summed E-state index contributed by atoms with van der Waals surface area (Å²) in [5, 5.41) is 0. The number of hydrogen-bond donors (Lipinski definition) is 0. The normalized spacial score (nSPS) is 16.0. The third-order valence-corrected chi connectivity index (χ3v) is 2.60. The van der Waals surface area contributed by atoms with Gasteiger partial charge in [-0.1, -0.05) is 46.3 Å². The van der Waals surface area contributed by atoms with E-state index in [-0.39, 0.29) is 0 Å². The van der Waals surface area contributed by atoms with Gasteiger partial charge >= 0.3 is 0 Å². The monoisotopic (exact) mass is 154 g/mol. The van der Waals surface area contributed by atoms with E-state index in [0.717, 1.165) is 5.92 Å². The zero-order valence-electron chi connectivity index (χ0n) is 8.48. The SMILES string of the molecule is C=C(C(C)CC)C(C)CCC. The summed E-state index contributed by atoms with van der Waals surface area (Å²) >= 11 is 0. The van der Waals surface area contributed by atoms with Gasteiger partial charge in [-0.3, -0.25) is 0 Å². The van der Waals surface area contributed by atoms with Crippen LogP contribution in [0.3, 0.4) is 0 Å². The first-order valence-electron chi connectivity index (χ1n) is 4.82. The van der Waals surface area contributed by atoms with Crippen LogP contribution in [-0.2, 0) is 0 Å². The van der Waals surface area contributed by atoms with Crippen molar-refractivity contribution in [1.29, 1.82) is 0 Å². The molecule has 0 aliphatic carbocycles. The van der Waals surface area contributed by atoms with E-state index >= 15 is 0 Å². The van der Waals surface area contributed by atoms with Crippen molar-refractivity contribution in [3.63, 3.8) is 0 Å². The Morgan fingerprint density at radius 3 is 2.09 bits per heavy atom. The largest absolute Gasteiger partial charge is 0.0993 e. The highest BCUT2D eigenvalue weighted by molar-refractivity contribution is 5.02. The molecule has 0 aliphatic rings. The maximum absolute atomic E-state index is 4.14. The minimum Gasteiger partial charge on any atom is -0.0993 e. The molecule has 0 rings (SSSR count). The second-order valence-corrected chi connectivity index (χ2v) is 3.57. The smallest absolute Gasteiger partial charge is 0.0232 e. The summed E-state index contributed by atoms with van der Waals surface area (Å²) in [6, 6.07) is 0. The van der Waals surface area contributed by atoms with Crippen molar-refractivity contribution in [2.24, 2.45) is 11.8 Å². The molecule has 0 saturated heterocycles. The summed E-state index contributed by atoms with van der Waals surface area (Å²) in [6.07, 6.45) is 3.80. The molecule has 0 spiro atoms. The van der Waals surface area contributed by atoms with Gasteiger partial charge in [0.2, 0.25) is 0 Å². The van der Waals surface area contributed by atoms with Gasteiger partial charge in [0.1, 0.15) is 0 Å². The van der Waals surface area contributed by atoms with Crippen molar-refractivity contribution in [2.45, 2.75) is 47.0 Å². The molecule has 2 unspecified atom stereocenters. The van der Waals surface area contributed by atoms with Crippen LogP contribution in [-0.4, -0.2) is 0 Å². The molecule has 66 valence electrons. The lowest BCUT2D eigenvalue weighted by atomic mass is 9.87. The highest BCUT2D eigenvalue weighted by Crippen LogP contribution is 2.23. The molecule has 0 fully saturated rings. The predicted molar refractivity (Wildman–Crippen MR) is 52.7 cm³/mol. The van der Waals surface area contributed by atoms with Crippen LogP contribution in [0, 0.1) is 11.8 Å². The molecule has 0 aromatic carbocycles. The van der Waals surface area contributed by atoms with Crippen molar-refractivity contribution < 1.29 is 0 Å². The molecule has 0 nitrogen and oxygen atoms in total. The van der Waals surface area contributed by atoms with Crippen LogP contribution >= 0.6 is 0 Å². The van der Waals surface area contributed by atoms with Crippen LogP contribution < -0.4 is 0 Å². The summed E-state index contributed by atoms with van der Waals surface area (Å²) in [5.74, 6) is 1.42. The Bertz CT molecular complexity index is 113. The molecule has 0 radical (unpaired) electrons. The van der Waals surface area contributed by atoms with Crippen LogP contribution in [0.1, 0.15) is 47.0 Å². The second-order valence-electron chi connectivity index (χ2n) is 3.57. The molecule has 2 atom stereocenters. The van der Waals surface area contributed by atoms with Crippen LogP contribution in [0.15, 0.2) is 12.2 Å².